The smallest absolute Gasteiger partial charge is 0.296 e. The highest BCUT2D eigenvalue weighted by molar-refractivity contribution is 7.94. The molecule has 0 spiro atoms. The molecule has 0 aliphatic rings. The Bertz CT molecular complexity index is 3320. The van der Waals surface area contributed by atoms with Crippen LogP contribution in [0.15, 0.2) is 131 Å². The van der Waals surface area contributed by atoms with E-state index in [2.05, 4.69) is 52.6 Å². The Morgan fingerprint density at radius 3 is 1.90 bits per heavy atom. The Balaban J connectivity index is 1.35. The van der Waals surface area contributed by atoms with E-state index in [1.54, 1.807) is 0 Å². The first-order valence-corrected chi connectivity index (χ1v) is 22.5. The summed E-state index contributed by atoms with van der Waals surface area (Å²) in [6.07, 6.45) is 0. The molecular weight excluding hydrogens is 906 g/mol. The van der Waals surface area contributed by atoms with Crippen LogP contribution in [-0.2, 0) is 40.2 Å². The zero-order valence-electron chi connectivity index (χ0n) is 30.1. The summed E-state index contributed by atoms with van der Waals surface area (Å²) in [6.45, 7) is 3.28. The molecule has 0 amide bonds. The number of hydrogen-bond acceptors (Lipinski definition) is 20. The number of rotatable bonds is 13. The van der Waals surface area contributed by atoms with Crippen LogP contribution in [0.3, 0.4) is 0 Å². The van der Waals surface area contributed by atoms with Gasteiger partial charge in [-0.05, 0) is 83.7 Å². The van der Waals surface area contributed by atoms with Crippen molar-refractivity contribution >= 4 is 120 Å². The largest absolute Gasteiger partial charge is 0.507 e. The maximum atomic E-state index is 12.5. The van der Waals surface area contributed by atoms with Crippen molar-refractivity contribution in [2.75, 3.05) is 22.1 Å². The third-order valence-corrected chi connectivity index (χ3v) is 12.2. The summed E-state index contributed by atoms with van der Waals surface area (Å²) < 4.78 is 126. The zero-order valence-corrected chi connectivity index (χ0v) is 34.2. The van der Waals surface area contributed by atoms with Gasteiger partial charge in [-0.3, -0.25) is 13.7 Å². The van der Waals surface area contributed by atoms with Crippen molar-refractivity contribution in [2.24, 2.45) is 20.5 Å². The Morgan fingerprint density at radius 1 is 0.639 bits per heavy atom. The summed E-state index contributed by atoms with van der Waals surface area (Å²) in [5.74, 6) is -1.09. The SMILES string of the molecule is C=CS(=O)(=O)c1ccc(Nc2nc(Cl)nc(Nc3cc(N)c(S(=O)(=O)O)cc3/N=N/c3ccc(/N=N/c4c(N)ccc5cc(S(=O)(=O)O)cc(O)c45)c(S(=O)(=O)O)c3)n2)cc1. The topological polar surface area (TPSA) is 382 Å². The van der Waals surface area contributed by atoms with Gasteiger partial charge in [0.25, 0.3) is 30.4 Å². The number of aromatic hydroxyl groups is 1. The lowest BCUT2D eigenvalue weighted by molar-refractivity contribution is 0.471. The van der Waals surface area contributed by atoms with Gasteiger partial charge in [0.05, 0.1) is 37.9 Å². The quantitative estimate of drug-likeness (QED) is 0.0347. The molecule has 6 rings (SSSR count). The first-order chi connectivity index (χ1) is 28.4. The normalized spacial score (nSPS) is 12.6. The van der Waals surface area contributed by atoms with Gasteiger partial charge in [-0.1, -0.05) is 12.6 Å². The van der Waals surface area contributed by atoms with Crippen LogP contribution in [0.25, 0.3) is 10.8 Å². The van der Waals surface area contributed by atoms with Crippen LogP contribution in [0, 0.1) is 0 Å². The van der Waals surface area contributed by atoms with E-state index in [-0.39, 0.29) is 61.3 Å². The van der Waals surface area contributed by atoms with Crippen molar-refractivity contribution in [1.82, 2.24) is 15.0 Å². The molecule has 0 radical (unpaired) electrons. The van der Waals surface area contributed by atoms with E-state index in [4.69, 9.17) is 23.1 Å². The van der Waals surface area contributed by atoms with Crippen LogP contribution in [0.2, 0.25) is 5.28 Å². The van der Waals surface area contributed by atoms with Crippen molar-refractivity contribution < 1.29 is 52.4 Å². The Morgan fingerprint density at radius 2 is 1.28 bits per heavy atom. The first kappa shape index (κ1) is 43.8. The van der Waals surface area contributed by atoms with Crippen LogP contribution in [-0.4, -0.2) is 67.4 Å². The summed E-state index contributed by atoms with van der Waals surface area (Å²) in [6, 6.07) is 14.6. The van der Waals surface area contributed by atoms with E-state index in [0.29, 0.717) is 5.69 Å². The highest BCUT2D eigenvalue weighted by atomic mass is 35.5. The lowest BCUT2D eigenvalue weighted by Crippen LogP contribution is -2.06. The summed E-state index contributed by atoms with van der Waals surface area (Å²) in [7, 11) is -18.5. The molecule has 5 aromatic carbocycles. The molecule has 1 heterocycles. The number of nitrogens with zero attached hydrogens (tertiary/aromatic N) is 7. The number of sulfone groups is 1. The number of nitrogens with two attached hydrogens (primary N) is 2. The highest BCUT2D eigenvalue weighted by Gasteiger charge is 2.22. The number of hydrogen-bond donors (Lipinski definition) is 8. The third kappa shape index (κ3) is 10.0. The minimum atomic E-state index is -5.09. The molecule has 0 atom stereocenters. The van der Waals surface area contributed by atoms with E-state index < -0.39 is 72.0 Å². The molecule has 10 N–H and O–H groups in total. The van der Waals surface area contributed by atoms with E-state index >= 15 is 0 Å². The molecule has 0 unspecified atom stereocenters. The van der Waals surface area contributed by atoms with E-state index in [0.717, 1.165) is 47.9 Å². The summed E-state index contributed by atoms with van der Waals surface area (Å²) >= 11 is 6.12. The molecule has 0 aliphatic heterocycles. The van der Waals surface area contributed by atoms with Crippen LogP contribution >= 0.6 is 11.6 Å². The van der Waals surface area contributed by atoms with Gasteiger partial charge in [-0.2, -0.15) is 45.3 Å². The summed E-state index contributed by atoms with van der Waals surface area (Å²) in [4.78, 5) is 9.79. The van der Waals surface area contributed by atoms with Gasteiger partial charge in [0, 0.05) is 17.2 Å². The number of halogens is 1. The second-order valence-corrected chi connectivity index (χ2v) is 18.6. The fourth-order valence-corrected chi connectivity index (χ4v) is 7.93. The summed E-state index contributed by atoms with van der Waals surface area (Å²) in [5, 5.41) is 32.2. The number of aromatic nitrogens is 3. The van der Waals surface area contributed by atoms with E-state index in [9.17, 15) is 52.4 Å². The van der Waals surface area contributed by atoms with Gasteiger partial charge in [-0.25, -0.2) is 8.42 Å². The number of azo groups is 2. The zero-order chi connectivity index (χ0) is 44.7. The van der Waals surface area contributed by atoms with Crippen LogP contribution in [0.1, 0.15) is 0 Å². The van der Waals surface area contributed by atoms with Gasteiger partial charge >= 0.3 is 0 Å². The van der Waals surface area contributed by atoms with Gasteiger partial charge in [-0.15, -0.1) is 15.3 Å². The Hall–Kier alpha value is -6.72. The van der Waals surface area contributed by atoms with Crippen LogP contribution < -0.4 is 22.1 Å². The predicted octanol–water partition coefficient (Wildman–Crippen LogP) is 6.52. The predicted molar refractivity (Wildman–Crippen MR) is 220 cm³/mol. The lowest BCUT2D eigenvalue weighted by atomic mass is 10.1. The lowest BCUT2D eigenvalue weighted by Gasteiger charge is -2.12. The standard InChI is InChI=1S/C33H26ClN11O12S4/c1-2-58(47,48)19-7-4-17(5-8-19)37-32-39-31(34)40-33(41-32)38-24-14-22(36)27(60(52,53)54)15-25(24)44-42-18-6-10-23(28(12-18)61(55,56)57)43-45-30-21(35)9-3-16-11-20(59(49,50)51)13-26(46)29(16)30/h2-15,46H,1,35-36H2,(H,49,50,51)(H,52,53,54)(H,55,56,57)(H2,37,38,39,40,41)/b44-42+,45-43+. The minimum Gasteiger partial charge on any atom is -0.507 e. The molecular formula is C33H26ClN11O12S4. The number of nitrogens with one attached hydrogen (secondary N) is 2. The van der Waals surface area contributed by atoms with Gasteiger partial charge < -0.3 is 27.2 Å². The molecule has 23 nitrogen and oxygen atoms in total. The number of phenolic OH excluding ortho intramolecular Hbond substituents is 1. The number of nitrogen functional groups attached to an aromatic ring is 2. The molecule has 1 aromatic heterocycles. The molecule has 0 bridgehead atoms. The Kier molecular flexibility index (Phi) is 11.8. The number of fused-ring (bicyclic) bond motifs is 1. The maximum Gasteiger partial charge on any atom is 0.296 e. The fourth-order valence-electron chi connectivity index (χ4n) is 5.27. The van der Waals surface area contributed by atoms with Crippen molar-refractivity contribution in [1.29, 1.82) is 0 Å². The molecule has 0 saturated heterocycles. The molecule has 61 heavy (non-hydrogen) atoms. The summed E-state index contributed by atoms with van der Waals surface area (Å²) in [5.41, 5.74) is 10.2. The minimum absolute atomic E-state index is 0.0280. The van der Waals surface area contributed by atoms with Crippen molar-refractivity contribution in [3.8, 4) is 5.75 Å². The molecule has 0 fully saturated rings. The number of anilines is 6. The maximum absolute atomic E-state index is 12.5. The number of benzene rings is 5. The molecule has 6 aromatic rings. The fraction of sp³-hybridized carbons (Fsp3) is 0. The third-order valence-electron chi connectivity index (χ3n) is 8.04. The van der Waals surface area contributed by atoms with Gasteiger partial charge in [0.1, 0.15) is 32.6 Å². The van der Waals surface area contributed by atoms with E-state index in [1.807, 2.05) is 0 Å². The van der Waals surface area contributed by atoms with Crippen molar-refractivity contribution in [3.63, 3.8) is 0 Å². The van der Waals surface area contributed by atoms with Crippen molar-refractivity contribution in [2.45, 2.75) is 19.6 Å². The average molecular weight is 932 g/mol. The molecule has 28 heteroatoms. The second-order valence-electron chi connectivity index (χ2n) is 12.2. The highest BCUT2D eigenvalue weighted by Crippen LogP contribution is 2.42. The second kappa shape index (κ2) is 16.4. The Labute approximate surface area is 349 Å². The van der Waals surface area contributed by atoms with Gasteiger partial charge in [0.15, 0.2) is 9.84 Å². The first-order valence-electron chi connectivity index (χ1n) is 16.2. The monoisotopic (exact) mass is 931 g/mol. The van der Waals surface area contributed by atoms with Crippen LogP contribution in [0.4, 0.5) is 57.4 Å². The molecule has 316 valence electrons. The molecule has 0 saturated carbocycles. The molecule has 0 aliphatic carbocycles. The van der Waals surface area contributed by atoms with Crippen LogP contribution in [0.5, 0.6) is 5.75 Å². The van der Waals surface area contributed by atoms with E-state index in [1.165, 1.54) is 36.4 Å². The number of phenols is 1. The average Bonchev–Trinajstić information content (AvgIpc) is 3.16. The van der Waals surface area contributed by atoms with Crippen molar-refractivity contribution in [3.05, 3.63) is 96.1 Å². The van der Waals surface area contributed by atoms with Gasteiger partial charge in [0.2, 0.25) is 17.2 Å².